The molecule has 0 aliphatic rings. The van der Waals surface area contributed by atoms with E-state index >= 15 is 0 Å². The first-order valence-electron chi connectivity index (χ1n) is 16.9. The minimum Gasteiger partial charge on any atom is -0.242 e. The topological polar surface area (TPSA) is 68.2 Å². The van der Waals surface area contributed by atoms with Gasteiger partial charge in [0.2, 0.25) is 0 Å². The van der Waals surface area contributed by atoms with Crippen LogP contribution in [0.4, 0.5) is 0 Å². The molecular formula is C42H45N2O3PS2. The number of aromatic nitrogens is 1. The lowest BCUT2D eigenvalue weighted by Crippen LogP contribution is -2.36. The van der Waals surface area contributed by atoms with Crippen molar-refractivity contribution in [1.29, 1.82) is 0 Å². The highest BCUT2D eigenvalue weighted by Crippen LogP contribution is 2.45. The molecule has 0 amide bonds. The van der Waals surface area contributed by atoms with E-state index in [0.717, 1.165) is 27.1 Å². The van der Waals surface area contributed by atoms with Crippen molar-refractivity contribution in [2.45, 2.75) is 68.8 Å². The van der Waals surface area contributed by atoms with E-state index in [1.165, 1.54) is 5.56 Å². The fourth-order valence-corrected chi connectivity index (χ4v) is 11.0. The largest absolute Gasteiger partial charge is 0.268 e. The standard InChI is InChI=1S/C42H45N2O3PS2/c1-41(2,3)32-28-26-31(27-29-32)40(43-49(45)42(4,5)6)39-36-24-16-17-25-37(36)44(50(46,47)35-22-14-9-15-23-35)38(39)30-48(33-18-10-7-11-19-33)34-20-12-8-13-21-34/h7-29,40,43H,30H2,1-6H3/t40-,49+/m0/s1. The average Bonchev–Trinajstić information content (AvgIpc) is 3.44. The zero-order valence-electron chi connectivity index (χ0n) is 29.5. The van der Waals surface area contributed by atoms with E-state index in [1.807, 2.05) is 87.5 Å². The van der Waals surface area contributed by atoms with E-state index in [9.17, 15) is 12.6 Å². The Labute approximate surface area is 301 Å². The summed E-state index contributed by atoms with van der Waals surface area (Å²) in [5.74, 6) is 0. The molecule has 1 aromatic heterocycles. The van der Waals surface area contributed by atoms with Crippen LogP contribution < -0.4 is 15.3 Å². The van der Waals surface area contributed by atoms with Gasteiger partial charge in [0.1, 0.15) is 0 Å². The number of para-hydroxylation sites is 1. The van der Waals surface area contributed by atoms with Gasteiger partial charge in [-0.25, -0.2) is 21.3 Å². The third-order valence-electron chi connectivity index (χ3n) is 8.87. The maximum absolute atomic E-state index is 14.9. The normalized spacial score (nSPS) is 13.8. The first kappa shape index (κ1) is 35.9. The second-order valence-corrected chi connectivity index (χ2v) is 20.5. The third kappa shape index (κ3) is 7.43. The number of hydrogen-bond acceptors (Lipinski definition) is 3. The minimum atomic E-state index is -4.06. The van der Waals surface area contributed by atoms with Crippen LogP contribution in [0.5, 0.6) is 0 Å². The number of hydrogen-bond donors (Lipinski definition) is 1. The molecule has 0 aliphatic carbocycles. The van der Waals surface area contributed by atoms with Gasteiger partial charge < -0.3 is 0 Å². The fourth-order valence-electron chi connectivity index (χ4n) is 6.18. The summed E-state index contributed by atoms with van der Waals surface area (Å²) in [6.07, 6.45) is 0.444. The van der Waals surface area contributed by atoms with Gasteiger partial charge in [-0.1, -0.05) is 142 Å². The van der Waals surface area contributed by atoms with Crippen LogP contribution in [-0.2, 0) is 32.6 Å². The molecule has 0 saturated heterocycles. The molecule has 0 unspecified atom stereocenters. The molecule has 1 N–H and O–H groups in total. The molecule has 6 aromatic rings. The zero-order chi connectivity index (χ0) is 35.7. The fraction of sp³-hybridized carbons (Fsp3) is 0.238. The molecule has 0 bridgehead atoms. The number of fused-ring (bicyclic) bond motifs is 1. The van der Waals surface area contributed by atoms with Gasteiger partial charge in [-0.05, 0) is 74.0 Å². The van der Waals surface area contributed by atoms with Crippen molar-refractivity contribution in [1.82, 2.24) is 8.69 Å². The van der Waals surface area contributed by atoms with Crippen molar-refractivity contribution in [2.75, 3.05) is 0 Å². The molecule has 0 radical (unpaired) electrons. The first-order valence-corrected chi connectivity index (χ1v) is 21.0. The van der Waals surface area contributed by atoms with E-state index in [-0.39, 0.29) is 10.3 Å². The van der Waals surface area contributed by atoms with Crippen LogP contribution in [0.25, 0.3) is 10.9 Å². The highest BCUT2D eigenvalue weighted by molar-refractivity contribution is 7.90. The molecule has 0 aliphatic heterocycles. The molecule has 258 valence electrons. The number of nitrogens with one attached hydrogen (secondary N) is 1. The molecule has 0 fully saturated rings. The Morgan fingerprint density at radius 2 is 1.18 bits per heavy atom. The molecule has 2 atom stereocenters. The molecule has 8 heteroatoms. The molecule has 6 rings (SSSR count). The van der Waals surface area contributed by atoms with Crippen LogP contribution in [-0.4, -0.2) is 21.3 Å². The minimum absolute atomic E-state index is 0.0537. The Morgan fingerprint density at radius 1 is 0.680 bits per heavy atom. The Balaban J connectivity index is 1.70. The van der Waals surface area contributed by atoms with Crippen molar-refractivity contribution >= 4 is 50.4 Å². The highest BCUT2D eigenvalue weighted by atomic mass is 32.2. The van der Waals surface area contributed by atoms with Crippen molar-refractivity contribution in [3.63, 3.8) is 0 Å². The zero-order valence-corrected chi connectivity index (χ0v) is 32.0. The lowest BCUT2D eigenvalue weighted by molar-refractivity contribution is 0.586. The maximum Gasteiger partial charge on any atom is 0.268 e. The average molecular weight is 721 g/mol. The van der Waals surface area contributed by atoms with E-state index < -0.39 is 39.7 Å². The van der Waals surface area contributed by atoms with Crippen molar-refractivity contribution in [3.8, 4) is 0 Å². The number of rotatable bonds is 10. The predicted octanol–water partition coefficient (Wildman–Crippen LogP) is 8.95. The van der Waals surface area contributed by atoms with Crippen LogP contribution in [0, 0.1) is 0 Å². The second kappa shape index (κ2) is 14.4. The molecule has 5 nitrogen and oxygen atoms in total. The van der Waals surface area contributed by atoms with Gasteiger partial charge in [-0.3, -0.25) is 0 Å². The van der Waals surface area contributed by atoms with Crippen molar-refractivity contribution in [3.05, 3.63) is 162 Å². The van der Waals surface area contributed by atoms with Gasteiger partial charge in [0, 0.05) is 22.8 Å². The van der Waals surface area contributed by atoms with E-state index in [0.29, 0.717) is 17.4 Å². The monoisotopic (exact) mass is 720 g/mol. The van der Waals surface area contributed by atoms with Gasteiger partial charge in [0.05, 0.1) is 32.2 Å². The second-order valence-electron chi connectivity index (χ2n) is 14.5. The molecule has 0 saturated carbocycles. The quantitative estimate of drug-likeness (QED) is 0.144. The van der Waals surface area contributed by atoms with E-state index in [1.54, 1.807) is 28.2 Å². The first-order chi connectivity index (χ1) is 23.8. The summed E-state index contributed by atoms with van der Waals surface area (Å²) in [7, 11) is -6.60. The molecule has 1 heterocycles. The third-order valence-corrected chi connectivity index (χ3v) is 14.7. The van der Waals surface area contributed by atoms with Crippen LogP contribution in [0.15, 0.2) is 144 Å². The van der Waals surface area contributed by atoms with Crippen molar-refractivity contribution in [2.24, 2.45) is 0 Å². The number of nitrogens with zero attached hydrogens (tertiary/aromatic N) is 1. The Morgan fingerprint density at radius 3 is 1.70 bits per heavy atom. The van der Waals surface area contributed by atoms with Gasteiger partial charge in [0.15, 0.2) is 0 Å². The van der Waals surface area contributed by atoms with Crippen molar-refractivity contribution < 1.29 is 12.6 Å². The molecular weight excluding hydrogens is 676 g/mol. The van der Waals surface area contributed by atoms with Crippen LogP contribution in [0.2, 0.25) is 0 Å². The summed E-state index contributed by atoms with van der Waals surface area (Å²) in [6, 6.07) is 44.9. The Kier molecular flexibility index (Phi) is 10.3. The smallest absolute Gasteiger partial charge is 0.242 e. The predicted molar refractivity (Wildman–Crippen MR) is 212 cm³/mol. The van der Waals surface area contributed by atoms with Crippen LogP contribution >= 0.6 is 7.92 Å². The Hall–Kier alpha value is -3.87. The van der Waals surface area contributed by atoms with Crippen LogP contribution in [0.1, 0.15) is 70.0 Å². The van der Waals surface area contributed by atoms with E-state index in [2.05, 4.69) is 74.0 Å². The highest BCUT2D eigenvalue weighted by Gasteiger charge is 2.35. The van der Waals surface area contributed by atoms with Gasteiger partial charge >= 0.3 is 0 Å². The maximum atomic E-state index is 14.9. The summed E-state index contributed by atoms with van der Waals surface area (Å²) in [5, 5.41) is 3.10. The lowest BCUT2D eigenvalue weighted by Gasteiger charge is -2.28. The van der Waals surface area contributed by atoms with Crippen LogP contribution in [0.3, 0.4) is 0 Å². The number of benzene rings is 5. The summed E-state index contributed by atoms with van der Waals surface area (Å²) in [4.78, 5) is 0.217. The molecule has 0 spiro atoms. The SMILES string of the molecule is CC(C)(C)c1ccc([C@H](N[S@](=O)C(C)(C)C)c2c(CP(c3ccccc3)c3ccccc3)n(S(=O)(=O)c3ccccc3)c3ccccc23)cc1. The summed E-state index contributed by atoms with van der Waals surface area (Å²) in [6.45, 7) is 12.4. The summed E-state index contributed by atoms with van der Waals surface area (Å²) >= 11 is 0. The molecule has 50 heavy (non-hydrogen) atoms. The summed E-state index contributed by atoms with van der Waals surface area (Å²) in [5.41, 5.74) is 4.14. The lowest BCUT2D eigenvalue weighted by atomic mass is 9.85. The Bertz CT molecular complexity index is 2170. The van der Waals surface area contributed by atoms with Gasteiger partial charge in [-0.2, -0.15) is 0 Å². The van der Waals surface area contributed by atoms with Gasteiger partial charge in [-0.15, -0.1) is 0 Å². The van der Waals surface area contributed by atoms with Gasteiger partial charge in [0.25, 0.3) is 10.0 Å². The molecule has 5 aromatic carbocycles. The van der Waals surface area contributed by atoms with E-state index in [4.69, 9.17) is 0 Å². The summed E-state index contributed by atoms with van der Waals surface area (Å²) < 4.78 is 48.4.